The third kappa shape index (κ3) is 0.758. The van der Waals surface area contributed by atoms with Crippen LogP contribution >= 0.6 is 0 Å². The van der Waals surface area contributed by atoms with Crippen LogP contribution in [-0.2, 0) is 0 Å². The van der Waals surface area contributed by atoms with E-state index in [4.69, 9.17) is 5.73 Å². The maximum absolute atomic E-state index is 5.80. The minimum absolute atomic E-state index is 0.0578. The van der Waals surface area contributed by atoms with Gasteiger partial charge in [-0.15, -0.1) is 0 Å². The Balaban J connectivity index is 2.09. The molecule has 13 heavy (non-hydrogen) atoms. The molecule has 0 aromatic rings. The van der Waals surface area contributed by atoms with Crippen molar-refractivity contribution in [1.82, 2.24) is 4.90 Å². The summed E-state index contributed by atoms with van der Waals surface area (Å²) in [6.45, 7) is 0. The average Bonchev–Trinajstić information content (AvgIpc) is 2.67. The molecule has 0 saturated carbocycles. The Labute approximate surface area is 76.2 Å². The molecule has 1 atom stereocenters. The van der Waals surface area contributed by atoms with Crippen molar-refractivity contribution < 1.29 is 0 Å². The molecular weight excluding hydrogens is 162 g/mol. The van der Waals surface area contributed by atoms with Crippen LogP contribution in [0.2, 0.25) is 0 Å². The number of rotatable bonds is 0. The lowest BCUT2D eigenvalue weighted by molar-refractivity contribution is 0.685. The van der Waals surface area contributed by atoms with E-state index in [-0.39, 0.29) is 6.04 Å². The van der Waals surface area contributed by atoms with Gasteiger partial charge < -0.3 is 10.6 Å². The molecule has 3 rings (SSSR count). The van der Waals surface area contributed by atoms with E-state index in [2.05, 4.69) is 9.89 Å². The summed E-state index contributed by atoms with van der Waals surface area (Å²) in [4.78, 5) is 6.57. The van der Waals surface area contributed by atoms with E-state index in [1.807, 2.05) is 36.6 Å². The van der Waals surface area contributed by atoms with Gasteiger partial charge in [0, 0.05) is 11.9 Å². The van der Waals surface area contributed by atoms with E-state index in [0.717, 1.165) is 17.2 Å². The lowest BCUT2D eigenvalue weighted by Gasteiger charge is -2.17. The lowest BCUT2D eigenvalue weighted by Crippen LogP contribution is -2.21. The Morgan fingerprint density at radius 1 is 1.31 bits per heavy atom. The van der Waals surface area contributed by atoms with E-state index < -0.39 is 0 Å². The molecule has 1 unspecified atom stereocenters. The lowest BCUT2D eigenvalue weighted by atomic mass is 10.2. The zero-order valence-electron chi connectivity index (χ0n) is 7.01. The molecule has 0 saturated heterocycles. The quantitative estimate of drug-likeness (QED) is 0.588. The fraction of sp³-hybridized carbons (Fsp3) is 0.100. The molecule has 0 spiro atoms. The predicted molar refractivity (Wildman–Crippen MR) is 51.7 cm³/mol. The summed E-state index contributed by atoms with van der Waals surface area (Å²) in [6.07, 6.45) is 11.9. The first-order chi connectivity index (χ1) is 6.36. The van der Waals surface area contributed by atoms with Crippen LogP contribution in [0.5, 0.6) is 0 Å². The van der Waals surface area contributed by atoms with E-state index in [0.29, 0.717) is 0 Å². The summed E-state index contributed by atoms with van der Waals surface area (Å²) in [6, 6.07) is 0.0578. The van der Waals surface area contributed by atoms with Crippen molar-refractivity contribution in [2.45, 2.75) is 6.04 Å². The van der Waals surface area contributed by atoms with Crippen molar-refractivity contribution in [3.63, 3.8) is 0 Å². The molecule has 0 fully saturated rings. The number of fused-ring (bicyclic) bond motifs is 3. The number of allylic oxidation sites excluding steroid dienone is 4. The van der Waals surface area contributed by atoms with Crippen LogP contribution < -0.4 is 5.73 Å². The Kier molecular flexibility index (Phi) is 1.10. The minimum Gasteiger partial charge on any atom is -0.400 e. The number of nitrogens with zero attached hydrogens (tertiary/aromatic N) is 2. The predicted octanol–water partition coefficient (Wildman–Crippen LogP) is 0.893. The first-order valence-electron chi connectivity index (χ1n) is 4.25. The smallest absolute Gasteiger partial charge is 0.133 e. The van der Waals surface area contributed by atoms with Crippen molar-refractivity contribution in [3.8, 4) is 0 Å². The molecule has 3 heteroatoms. The maximum atomic E-state index is 5.80. The number of aliphatic imine (C=N–C) groups is 1. The standard InChI is InChI=1S/C10H9N3/c11-7-4-5-8-10(7)12-9-3-1-2-6-13(8)9/h1-6,10H,11H2. The number of nitrogens with two attached hydrogens (primary N) is 1. The second kappa shape index (κ2) is 2.13. The summed E-state index contributed by atoms with van der Waals surface area (Å²) in [7, 11) is 0. The van der Waals surface area contributed by atoms with Gasteiger partial charge in [-0.3, -0.25) is 4.99 Å². The highest BCUT2D eigenvalue weighted by molar-refractivity contribution is 5.99. The van der Waals surface area contributed by atoms with Gasteiger partial charge in [-0.25, -0.2) is 0 Å². The van der Waals surface area contributed by atoms with Gasteiger partial charge in [-0.1, -0.05) is 6.08 Å². The maximum Gasteiger partial charge on any atom is 0.133 e. The molecule has 3 aliphatic rings. The van der Waals surface area contributed by atoms with Crippen LogP contribution in [0.25, 0.3) is 0 Å². The first kappa shape index (κ1) is 6.71. The largest absolute Gasteiger partial charge is 0.400 e. The van der Waals surface area contributed by atoms with E-state index in [1.54, 1.807) is 0 Å². The van der Waals surface area contributed by atoms with Gasteiger partial charge in [0.25, 0.3) is 0 Å². The summed E-state index contributed by atoms with van der Waals surface area (Å²) < 4.78 is 0. The summed E-state index contributed by atoms with van der Waals surface area (Å²) in [5.41, 5.74) is 7.79. The molecule has 0 aromatic heterocycles. The van der Waals surface area contributed by atoms with Crippen molar-refractivity contribution >= 4 is 5.84 Å². The molecule has 64 valence electrons. The topological polar surface area (TPSA) is 41.6 Å². The Morgan fingerprint density at radius 2 is 2.23 bits per heavy atom. The van der Waals surface area contributed by atoms with Crippen LogP contribution in [0.3, 0.4) is 0 Å². The molecule has 0 amide bonds. The van der Waals surface area contributed by atoms with Crippen LogP contribution in [0.4, 0.5) is 0 Å². The zero-order chi connectivity index (χ0) is 8.84. The molecule has 3 nitrogen and oxygen atoms in total. The second-order valence-electron chi connectivity index (χ2n) is 3.22. The Hall–Kier alpha value is -1.77. The van der Waals surface area contributed by atoms with Crippen molar-refractivity contribution in [2.24, 2.45) is 10.7 Å². The van der Waals surface area contributed by atoms with Gasteiger partial charge in [-0.05, 0) is 24.3 Å². The number of hydrogen-bond donors (Lipinski definition) is 1. The highest BCUT2D eigenvalue weighted by Crippen LogP contribution is 2.31. The first-order valence-corrected chi connectivity index (χ1v) is 4.25. The summed E-state index contributed by atoms with van der Waals surface area (Å²) in [5, 5.41) is 0. The average molecular weight is 171 g/mol. The third-order valence-electron chi connectivity index (χ3n) is 2.42. The minimum atomic E-state index is 0.0578. The normalized spacial score (nSPS) is 28.2. The fourth-order valence-corrected chi connectivity index (χ4v) is 1.78. The summed E-state index contributed by atoms with van der Waals surface area (Å²) >= 11 is 0. The number of amidine groups is 1. The van der Waals surface area contributed by atoms with Gasteiger partial charge in [0.15, 0.2) is 0 Å². The van der Waals surface area contributed by atoms with Gasteiger partial charge >= 0.3 is 0 Å². The monoisotopic (exact) mass is 171 g/mol. The zero-order valence-corrected chi connectivity index (χ0v) is 7.01. The highest BCUT2D eigenvalue weighted by Gasteiger charge is 2.32. The Bertz CT molecular complexity index is 410. The van der Waals surface area contributed by atoms with Crippen LogP contribution in [0, 0.1) is 0 Å². The van der Waals surface area contributed by atoms with Gasteiger partial charge in [-0.2, -0.15) is 0 Å². The van der Waals surface area contributed by atoms with Crippen molar-refractivity contribution in [3.05, 3.63) is 48.0 Å². The van der Waals surface area contributed by atoms with Crippen molar-refractivity contribution in [2.75, 3.05) is 0 Å². The van der Waals surface area contributed by atoms with Crippen molar-refractivity contribution in [1.29, 1.82) is 0 Å². The van der Waals surface area contributed by atoms with Crippen LogP contribution in [0.1, 0.15) is 0 Å². The molecule has 0 aromatic carbocycles. The number of hydrogen-bond acceptors (Lipinski definition) is 3. The van der Waals surface area contributed by atoms with Gasteiger partial charge in [0.1, 0.15) is 11.9 Å². The molecule has 2 N–H and O–H groups in total. The third-order valence-corrected chi connectivity index (χ3v) is 2.42. The van der Waals surface area contributed by atoms with Crippen LogP contribution in [0.15, 0.2) is 53.0 Å². The van der Waals surface area contributed by atoms with Gasteiger partial charge in [0.2, 0.25) is 0 Å². The molecule has 0 radical (unpaired) electrons. The molecule has 2 aliphatic heterocycles. The van der Waals surface area contributed by atoms with Crippen LogP contribution in [-0.4, -0.2) is 16.8 Å². The highest BCUT2D eigenvalue weighted by atomic mass is 15.3. The van der Waals surface area contributed by atoms with E-state index >= 15 is 0 Å². The SMILES string of the molecule is NC1=CC=C2C1N=C1C=CC=CN21. The van der Waals surface area contributed by atoms with Gasteiger partial charge in [0.05, 0.1) is 5.70 Å². The molecular formula is C10H9N3. The summed E-state index contributed by atoms with van der Waals surface area (Å²) in [5.74, 6) is 0.981. The second-order valence-corrected chi connectivity index (χ2v) is 3.22. The fourth-order valence-electron chi connectivity index (χ4n) is 1.78. The Morgan fingerprint density at radius 3 is 3.15 bits per heavy atom. The molecule has 2 heterocycles. The van der Waals surface area contributed by atoms with E-state index in [9.17, 15) is 0 Å². The van der Waals surface area contributed by atoms with E-state index in [1.165, 1.54) is 0 Å². The molecule has 1 aliphatic carbocycles. The molecule has 0 bridgehead atoms.